The minimum atomic E-state index is -0.0400. The van der Waals surface area contributed by atoms with Gasteiger partial charge in [-0.15, -0.1) is 0 Å². The van der Waals surface area contributed by atoms with E-state index in [2.05, 4.69) is 6.92 Å². The summed E-state index contributed by atoms with van der Waals surface area (Å²) >= 11 is 0. The lowest BCUT2D eigenvalue weighted by Crippen LogP contribution is -2.18. The standard InChI is InChI=1S/C20H35NO2/c1-2-3-4-5-6-7-8-9-10-11-12-14-17(21)20-18(22)15-13-16-19(20)23/h21-22H,2-16H2,1H3. The number of hydrogen-bond acceptors (Lipinski definition) is 3. The zero-order valence-electron chi connectivity index (χ0n) is 15.0. The minimum Gasteiger partial charge on any atom is -0.511 e. The average molecular weight is 322 g/mol. The summed E-state index contributed by atoms with van der Waals surface area (Å²) in [6.45, 7) is 2.25. The first-order valence-corrected chi connectivity index (χ1v) is 9.70. The van der Waals surface area contributed by atoms with E-state index in [9.17, 15) is 9.90 Å². The third-order valence-electron chi connectivity index (χ3n) is 4.72. The van der Waals surface area contributed by atoms with Crippen LogP contribution >= 0.6 is 0 Å². The number of ketones is 1. The lowest BCUT2D eigenvalue weighted by molar-refractivity contribution is -0.115. The Morgan fingerprint density at radius 3 is 1.96 bits per heavy atom. The highest BCUT2D eigenvalue weighted by molar-refractivity contribution is 6.21. The third-order valence-corrected chi connectivity index (χ3v) is 4.72. The fourth-order valence-corrected chi connectivity index (χ4v) is 3.26. The van der Waals surface area contributed by atoms with Crippen LogP contribution in [-0.2, 0) is 4.79 Å². The van der Waals surface area contributed by atoms with Gasteiger partial charge in [0.25, 0.3) is 0 Å². The van der Waals surface area contributed by atoms with Gasteiger partial charge in [0.05, 0.1) is 5.57 Å². The maximum Gasteiger partial charge on any atom is 0.168 e. The van der Waals surface area contributed by atoms with E-state index in [1.54, 1.807) is 0 Å². The lowest BCUT2D eigenvalue weighted by atomic mass is 9.90. The Labute approximate surface area is 142 Å². The van der Waals surface area contributed by atoms with Crippen molar-refractivity contribution in [2.24, 2.45) is 0 Å². The molecule has 1 aliphatic carbocycles. The normalized spacial score (nSPS) is 15.3. The van der Waals surface area contributed by atoms with Gasteiger partial charge in [-0.05, 0) is 19.3 Å². The van der Waals surface area contributed by atoms with Crippen molar-refractivity contribution < 1.29 is 9.90 Å². The van der Waals surface area contributed by atoms with Crippen molar-refractivity contribution in [1.29, 1.82) is 5.41 Å². The highest BCUT2D eigenvalue weighted by atomic mass is 16.3. The number of aliphatic hydroxyl groups is 1. The van der Waals surface area contributed by atoms with Crippen molar-refractivity contribution in [1.82, 2.24) is 0 Å². The number of nitrogens with one attached hydrogen (secondary N) is 1. The monoisotopic (exact) mass is 321 g/mol. The molecule has 0 spiro atoms. The molecule has 0 saturated heterocycles. The van der Waals surface area contributed by atoms with Crippen LogP contribution in [0, 0.1) is 5.41 Å². The number of unbranched alkanes of at least 4 members (excludes halogenated alkanes) is 10. The predicted molar refractivity (Wildman–Crippen MR) is 97.3 cm³/mol. The van der Waals surface area contributed by atoms with Gasteiger partial charge in [0.2, 0.25) is 0 Å². The summed E-state index contributed by atoms with van der Waals surface area (Å²) in [6.07, 6.45) is 16.5. The number of allylic oxidation sites excluding steroid dienone is 2. The molecule has 1 aliphatic rings. The van der Waals surface area contributed by atoms with Gasteiger partial charge in [-0.3, -0.25) is 4.79 Å². The topological polar surface area (TPSA) is 61.1 Å². The minimum absolute atomic E-state index is 0.0400. The molecule has 0 amide bonds. The third kappa shape index (κ3) is 8.34. The number of aliphatic hydroxyl groups excluding tert-OH is 1. The second-order valence-corrected chi connectivity index (χ2v) is 6.86. The molecule has 0 aromatic heterocycles. The Hall–Kier alpha value is -1.12. The van der Waals surface area contributed by atoms with Gasteiger partial charge in [-0.25, -0.2) is 0 Å². The molecule has 23 heavy (non-hydrogen) atoms. The fraction of sp³-hybridized carbons (Fsp3) is 0.800. The molecule has 3 nitrogen and oxygen atoms in total. The van der Waals surface area contributed by atoms with Gasteiger partial charge in [0, 0.05) is 18.6 Å². The highest BCUT2D eigenvalue weighted by Crippen LogP contribution is 2.22. The second-order valence-electron chi connectivity index (χ2n) is 6.86. The predicted octanol–water partition coefficient (Wildman–Crippen LogP) is 6.27. The first kappa shape index (κ1) is 19.9. The van der Waals surface area contributed by atoms with E-state index in [-0.39, 0.29) is 11.5 Å². The van der Waals surface area contributed by atoms with Crippen molar-refractivity contribution in [3.8, 4) is 0 Å². The van der Waals surface area contributed by atoms with Crippen molar-refractivity contribution >= 4 is 11.5 Å². The highest BCUT2D eigenvalue weighted by Gasteiger charge is 2.23. The van der Waals surface area contributed by atoms with Crippen molar-refractivity contribution in [2.45, 2.75) is 103 Å². The molecule has 3 heteroatoms. The first-order valence-electron chi connectivity index (χ1n) is 9.70. The van der Waals surface area contributed by atoms with Crippen LogP contribution in [0.4, 0.5) is 0 Å². The molecule has 1 rings (SSSR count). The molecule has 0 heterocycles. The average Bonchev–Trinajstić information content (AvgIpc) is 2.52. The summed E-state index contributed by atoms with van der Waals surface area (Å²) in [5, 5.41) is 17.8. The molecule has 0 fully saturated rings. The van der Waals surface area contributed by atoms with Crippen LogP contribution in [0.3, 0.4) is 0 Å². The summed E-state index contributed by atoms with van der Waals surface area (Å²) in [5.74, 6) is 0.108. The molecule has 132 valence electrons. The molecule has 0 atom stereocenters. The van der Waals surface area contributed by atoms with E-state index in [0.717, 1.165) is 19.3 Å². The zero-order valence-corrected chi connectivity index (χ0v) is 15.0. The molecule has 0 bridgehead atoms. The summed E-state index contributed by atoms with van der Waals surface area (Å²) in [4.78, 5) is 11.8. The number of carbonyl (C=O) groups excluding carboxylic acids is 1. The van der Waals surface area contributed by atoms with E-state index in [4.69, 9.17) is 5.41 Å². The van der Waals surface area contributed by atoms with E-state index in [1.807, 2.05) is 0 Å². The SMILES string of the molecule is CCCCCCCCCCCCCC(=N)C1=C(O)CCCC1=O. The smallest absolute Gasteiger partial charge is 0.168 e. The summed E-state index contributed by atoms with van der Waals surface area (Å²) < 4.78 is 0. The van der Waals surface area contributed by atoms with Gasteiger partial charge in [-0.2, -0.15) is 0 Å². The summed E-state index contributed by atoms with van der Waals surface area (Å²) in [5.41, 5.74) is 0.673. The van der Waals surface area contributed by atoms with Crippen LogP contribution in [0.2, 0.25) is 0 Å². The Morgan fingerprint density at radius 2 is 1.43 bits per heavy atom. The van der Waals surface area contributed by atoms with Crippen LogP contribution in [0.25, 0.3) is 0 Å². The summed E-state index contributed by atoms with van der Waals surface area (Å²) in [7, 11) is 0. The van der Waals surface area contributed by atoms with Crippen LogP contribution in [0.5, 0.6) is 0 Å². The molecule has 0 saturated carbocycles. The van der Waals surface area contributed by atoms with Crippen molar-refractivity contribution in [2.75, 3.05) is 0 Å². The van der Waals surface area contributed by atoms with E-state index >= 15 is 0 Å². The molecule has 2 N–H and O–H groups in total. The van der Waals surface area contributed by atoms with E-state index < -0.39 is 0 Å². The number of rotatable bonds is 13. The van der Waals surface area contributed by atoms with Crippen molar-refractivity contribution in [3.63, 3.8) is 0 Å². The van der Waals surface area contributed by atoms with Gasteiger partial charge in [0.1, 0.15) is 5.76 Å². The largest absolute Gasteiger partial charge is 0.511 e. The number of hydrogen-bond donors (Lipinski definition) is 2. The van der Waals surface area contributed by atoms with Crippen molar-refractivity contribution in [3.05, 3.63) is 11.3 Å². The fourth-order valence-electron chi connectivity index (χ4n) is 3.26. The Bertz CT molecular complexity index is 398. The number of carbonyl (C=O) groups is 1. The Kier molecular flexibility index (Phi) is 10.7. The van der Waals surface area contributed by atoms with Crippen LogP contribution in [0.1, 0.15) is 103 Å². The molecular formula is C20H35NO2. The maximum atomic E-state index is 11.8. The van der Waals surface area contributed by atoms with Gasteiger partial charge >= 0.3 is 0 Å². The molecule has 0 aliphatic heterocycles. The Morgan fingerprint density at radius 1 is 0.913 bits per heavy atom. The maximum absolute atomic E-state index is 11.8. The number of Topliss-reactive ketones (excluding diaryl/α,β-unsaturated/α-hetero) is 1. The van der Waals surface area contributed by atoms with Gasteiger partial charge in [0.15, 0.2) is 5.78 Å². The van der Waals surface area contributed by atoms with E-state index in [1.165, 1.54) is 57.8 Å². The van der Waals surface area contributed by atoms with Crippen LogP contribution in [-0.4, -0.2) is 16.6 Å². The molecule has 0 unspecified atom stereocenters. The van der Waals surface area contributed by atoms with Crippen LogP contribution < -0.4 is 0 Å². The molecule has 0 radical (unpaired) electrons. The zero-order chi connectivity index (χ0) is 16.9. The van der Waals surface area contributed by atoms with Gasteiger partial charge < -0.3 is 10.5 Å². The van der Waals surface area contributed by atoms with E-state index in [0.29, 0.717) is 30.5 Å². The first-order chi connectivity index (χ1) is 11.2. The van der Waals surface area contributed by atoms with Gasteiger partial charge in [-0.1, -0.05) is 71.1 Å². The Balaban J connectivity index is 2.00. The van der Waals surface area contributed by atoms with Crippen LogP contribution in [0.15, 0.2) is 11.3 Å². The second kappa shape index (κ2) is 12.3. The molecular weight excluding hydrogens is 286 g/mol. The quantitative estimate of drug-likeness (QED) is 0.310. The molecule has 0 aromatic rings. The summed E-state index contributed by atoms with van der Waals surface area (Å²) in [6, 6.07) is 0. The molecule has 0 aromatic carbocycles. The lowest BCUT2D eigenvalue weighted by Gasteiger charge is -2.15.